The number of rotatable bonds is 8. The van der Waals surface area contributed by atoms with Crippen molar-refractivity contribution in [3.8, 4) is 0 Å². The zero-order valence-corrected chi connectivity index (χ0v) is 16.9. The second-order valence-corrected chi connectivity index (χ2v) is 8.60. The van der Waals surface area contributed by atoms with Crippen molar-refractivity contribution < 1.29 is 9.90 Å². The van der Waals surface area contributed by atoms with Gasteiger partial charge in [0, 0.05) is 25.8 Å². The average Bonchev–Trinajstić information content (AvgIpc) is 3.26. The maximum absolute atomic E-state index is 12.7. The maximum Gasteiger partial charge on any atom is 0.179 e. The summed E-state index contributed by atoms with van der Waals surface area (Å²) in [6.07, 6.45) is 5.66. The molecule has 1 fully saturated rings. The molecule has 27 heavy (non-hydrogen) atoms. The van der Waals surface area contributed by atoms with Gasteiger partial charge in [-0.2, -0.15) is 0 Å². The van der Waals surface area contributed by atoms with Crippen LogP contribution in [0.2, 0.25) is 0 Å². The Morgan fingerprint density at radius 3 is 2.44 bits per heavy atom. The van der Waals surface area contributed by atoms with Crippen LogP contribution in [0, 0.1) is 11.8 Å². The molecule has 2 atom stereocenters. The standard InChI is InChI=1S/C24H33NO2/c1-17(2)14-19-6-4-18(5-7-19)9-13-24(27)23-12-11-22(25(23)3)21-10-8-20(15-21)16-26/h4-7,11-12,17,20-21,26H,8-10,13-16H2,1-3H3/t20-,21-/m0/s1. The Hall–Kier alpha value is -1.87. The molecule has 0 bridgehead atoms. The lowest BCUT2D eigenvalue weighted by molar-refractivity contribution is 0.0974. The number of ketones is 1. The highest BCUT2D eigenvalue weighted by Crippen LogP contribution is 2.38. The van der Waals surface area contributed by atoms with Gasteiger partial charge in [-0.25, -0.2) is 0 Å². The zero-order chi connectivity index (χ0) is 19.4. The third-order valence-corrected chi connectivity index (χ3v) is 5.97. The lowest BCUT2D eigenvalue weighted by Gasteiger charge is -2.13. The Kier molecular flexibility index (Phi) is 6.54. The molecule has 2 aromatic rings. The van der Waals surface area contributed by atoms with Crippen molar-refractivity contribution in [2.24, 2.45) is 18.9 Å². The molecular formula is C24H33NO2. The van der Waals surface area contributed by atoms with E-state index in [1.165, 1.54) is 16.8 Å². The smallest absolute Gasteiger partial charge is 0.179 e. The first-order valence-electron chi connectivity index (χ1n) is 10.4. The van der Waals surface area contributed by atoms with E-state index in [0.29, 0.717) is 24.2 Å². The molecule has 1 aromatic carbocycles. The first-order chi connectivity index (χ1) is 13.0. The van der Waals surface area contributed by atoms with Gasteiger partial charge in [0.2, 0.25) is 0 Å². The summed E-state index contributed by atoms with van der Waals surface area (Å²) in [4.78, 5) is 12.7. The molecule has 3 rings (SSSR count). The van der Waals surface area contributed by atoms with Crippen LogP contribution in [-0.2, 0) is 19.9 Å². The Labute approximate surface area is 163 Å². The summed E-state index contributed by atoms with van der Waals surface area (Å²) in [6, 6.07) is 12.8. The number of aliphatic hydroxyl groups excluding tert-OH is 1. The van der Waals surface area contributed by atoms with E-state index in [1.807, 2.05) is 13.1 Å². The Morgan fingerprint density at radius 1 is 1.11 bits per heavy atom. The fourth-order valence-corrected chi connectivity index (χ4v) is 4.43. The molecule has 3 heteroatoms. The minimum absolute atomic E-state index is 0.215. The normalized spacial score (nSPS) is 19.7. The molecule has 1 heterocycles. The van der Waals surface area contributed by atoms with E-state index < -0.39 is 0 Å². The lowest BCUT2D eigenvalue weighted by Crippen LogP contribution is -2.11. The molecule has 0 radical (unpaired) electrons. The minimum atomic E-state index is 0.215. The second kappa shape index (κ2) is 8.88. The molecule has 1 aromatic heterocycles. The number of nitrogens with zero attached hydrogens (tertiary/aromatic N) is 1. The van der Waals surface area contributed by atoms with Gasteiger partial charge in [0.15, 0.2) is 5.78 Å². The molecule has 1 aliphatic rings. The summed E-state index contributed by atoms with van der Waals surface area (Å²) < 4.78 is 2.08. The van der Waals surface area contributed by atoms with Crippen molar-refractivity contribution in [1.29, 1.82) is 0 Å². The average molecular weight is 368 g/mol. The molecule has 0 unspecified atom stereocenters. The van der Waals surface area contributed by atoms with Crippen molar-refractivity contribution in [2.75, 3.05) is 6.61 Å². The molecule has 3 nitrogen and oxygen atoms in total. The number of aliphatic hydroxyl groups is 1. The van der Waals surface area contributed by atoms with Gasteiger partial charge in [-0.3, -0.25) is 4.79 Å². The highest BCUT2D eigenvalue weighted by molar-refractivity contribution is 5.95. The van der Waals surface area contributed by atoms with Gasteiger partial charge >= 0.3 is 0 Å². The molecule has 1 saturated carbocycles. The fraction of sp³-hybridized carbons (Fsp3) is 0.542. The summed E-state index contributed by atoms with van der Waals surface area (Å²) in [5.41, 5.74) is 4.65. The Morgan fingerprint density at radius 2 is 1.81 bits per heavy atom. The summed E-state index contributed by atoms with van der Waals surface area (Å²) in [6.45, 7) is 4.75. The van der Waals surface area contributed by atoms with Gasteiger partial charge < -0.3 is 9.67 Å². The summed E-state index contributed by atoms with van der Waals surface area (Å²) in [5.74, 6) is 1.77. The van der Waals surface area contributed by atoms with E-state index in [-0.39, 0.29) is 12.4 Å². The van der Waals surface area contributed by atoms with E-state index in [4.69, 9.17) is 0 Å². The van der Waals surface area contributed by atoms with Crippen LogP contribution in [0.1, 0.15) is 72.8 Å². The van der Waals surface area contributed by atoms with Gasteiger partial charge in [0.25, 0.3) is 0 Å². The van der Waals surface area contributed by atoms with Crippen molar-refractivity contribution >= 4 is 5.78 Å². The van der Waals surface area contributed by atoms with Crippen molar-refractivity contribution in [3.05, 3.63) is 58.9 Å². The van der Waals surface area contributed by atoms with Crippen LogP contribution in [0.4, 0.5) is 0 Å². The van der Waals surface area contributed by atoms with E-state index in [1.54, 1.807) is 0 Å². The van der Waals surface area contributed by atoms with Crippen LogP contribution in [-0.4, -0.2) is 22.1 Å². The summed E-state index contributed by atoms with van der Waals surface area (Å²) in [7, 11) is 2.01. The number of benzene rings is 1. The summed E-state index contributed by atoms with van der Waals surface area (Å²) >= 11 is 0. The fourth-order valence-electron chi connectivity index (χ4n) is 4.43. The first kappa shape index (κ1) is 19.9. The summed E-state index contributed by atoms with van der Waals surface area (Å²) in [5, 5.41) is 9.37. The SMILES string of the molecule is CC(C)Cc1ccc(CCC(=O)c2ccc([C@H]3CC[C@H](CO)C3)n2C)cc1. The number of aryl methyl sites for hydroxylation is 1. The molecule has 0 aliphatic heterocycles. The topological polar surface area (TPSA) is 42.2 Å². The predicted molar refractivity (Wildman–Crippen MR) is 110 cm³/mol. The molecule has 1 N–H and O–H groups in total. The van der Waals surface area contributed by atoms with Crippen LogP contribution in [0.3, 0.4) is 0 Å². The van der Waals surface area contributed by atoms with Crippen LogP contribution < -0.4 is 0 Å². The Bertz CT molecular complexity index is 757. The van der Waals surface area contributed by atoms with E-state index in [2.05, 4.69) is 48.7 Å². The van der Waals surface area contributed by atoms with E-state index in [9.17, 15) is 9.90 Å². The molecule has 1 aliphatic carbocycles. The van der Waals surface area contributed by atoms with Crippen LogP contribution in [0.25, 0.3) is 0 Å². The minimum Gasteiger partial charge on any atom is -0.396 e. The largest absolute Gasteiger partial charge is 0.396 e. The maximum atomic E-state index is 12.7. The third kappa shape index (κ3) is 4.90. The molecule has 0 amide bonds. The zero-order valence-electron chi connectivity index (χ0n) is 16.9. The van der Waals surface area contributed by atoms with Crippen LogP contribution in [0.5, 0.6) is 0 Å². The van der Waals surface area contributed by atoms with Crippen molar-refractivity contribution in [2.45, 2.75) is 58.3 Å². The van der Waals surface area contributed by atoms with Gasteiger partial charge in [0.1, 0.15) is 0 Å². The predicted octanol–water partition coefficient (Wildman–Crippen LogP) is 4.92. The monoisotopic (exact) mass is 367 g/mol. The number of hydrogen-bond acceptors (Lipinski definition) is 2. The second-order valence-electron chi connectivity index (χ2n) is 8.60. The molecule has 0 saturated heterocycles. The number of aromatic nitrogens is 1. The van der Waals surface area contributed by atoms with Gasteiger partial charge in [-0.15, -0.1) is 0 Å². The first-order valence-corrected chi connectivity index (χ1v) is 10.4. The number of Topliss-reactive ketones (excluding diaryl/α,β-unsaturated/α-hetero) is 1. The van der Waals surface area contributed by atoms with E-state index in [0.717, 1.165) is 37.8 Å². The molecular weight excluding hydrogens is 334 g/mol. The molecule has 146 valence electrons. The number of carbonyl (C=O) groups excluding carboxylic acids is 1. The highest BCUT2D eigenvalue weighted by Gasteiger charge is 2.28. The number of carbonyl (C=O) groups is 1. The van der Waals surface area contributed by atoms with Gasteiger partial charge in [-0.05, 0) is 73.1 Å². The van der Waals surface area contributed by atoms with Crippen molar-refractivity contribution in [3.63, 3.8) is 0 Å². The van der Waals surface area contributed by atoms with E-state index >= 15 is 0 Å². The third-order valence-electron chi connectivity index (χ3n) is 5.97. The van der Waals surface area contributed by atoms with Gasteiger partial charge in [-0.1, -0.05) is 38.1 Å². The van der Waals surface area contributed by atoms with Crippen molar-refractivity contribution in [1.82, 2.24) is 4.57 Å². The molecule has 0 spiro atoms. The van der Waals surface area contributed by atoms with Gasteiger partial charge in [0.05, 0.1) is 5.69 Å². The highest BCUT2D eigenvalue weighted by atomic mass is 16.3. The lowest BCUT2D eigenvalue weighted by atomic mass is 10.00. The number of hydrogen-bond donors (Lipinski definition) is 1. The van der Waals surface area contributed by atoms with Crippen LogP contribution in [0.15, 0.2) is 36.4 Å². The Balaban J connectivity index is 1.58. The quantitative estimate of drug-likeness (QED) is 0.673. The van der Waals surface area contributed by atoms with Crippen LogP contribution >= 0.6 is 0 Å².